The van der Waals surface area contributed by atoms with Gasteiger partial charge >= 0.3 is 0 Å². The number of primary amides is 1. The Bertz CT molecular complexity index is 667. The summed E-state index contributed by atoms with van der Waals surface area (Å²) in [6.45, 7) is 3.55. The summed E-state index contributed by atoms with van der Waals surface area (Å²) in [7, 11) is 0. The maximum Gasteiger partial charge on any atom is 0.269 e. The summed E-state index contributed by atoms with van der Waals surface area (Å²) in [4.78, 5) is 11.0. The number of hydrogen-bond acceptors (Lipinski definition) is 5. The van der Waals surface area contributed by atoms with Gasteiger partial charge in [-0.3, -0.25) is 4.79 Å². The van der Waals surface area contributed by atoms with Gasteiger partial charge in [0.2, 0.25) is 0 Å². The third-order valence-corrected chi connectivity index (χ3v) is 2.61. The smallest absolute Gasteiger partial charge is 0.269 e. The van der Waals surface area contributed by atoms with Crippen LogP contribution in [0.25, 0.3) is 5.82 Å². The van der Waals surface area contributed by atoms with Gasteiger partial charge in [-0.25, -0.2) is 4.68 Å². The number of nitriles is 1. The predicted molar refractivity (Wildman–Crippen MR) is 61.9 cm³/mol. The Hall–Kier alpha value is -2.75. The van der Waals surface area contributed by atoms with E-state index in [1.807, 2.05) is 0 Å². The number of carbonyl (C=O) groups is 1. The molecule has 0 saturated carbocycles. The second kappa shape index (κ2) is 4.25. The number of carbonyl (C=O) groups excluding carboxylic acids is 1. The zero-order chi connectivity index (χ0) is 13.3. The van der Waals surface area contributed by atoms with Gasteiger partial charge in [0.05, 0.1) is 5.69 Å². The molecule has 0 aliphatic heterocycles. The average Bonchev–Trinajstić information content (AvgIpc) is 2.82. The average molecular weight is 242 g/mol. The molecule has 7 heteroatoms. The Morgan fingerprint density at radius 2 is 2.17 bits per heavy atom. The third kappa shape index (κ3) is 1.80. The van der Waals surface area contributed by atoms with Crippen LogP contribution in [0.3, 0.4) is 0 Å². The summed E-state index contributed by atoms with van der Waals surface area (Å²) in [6, 6.07) is 3.52. The van der Waals surface area contributed by atoms with E-state index in [4.69, 9.17) is 11.0 Å². The molecule has 2 aromatic heterocycles. The minimum absolute atomic E-state index is 0.110. The number of rotatable bonds is 2. The lowest BCUT2D eigenvalue weighted by molar-refractivity contribution is 0.0995. The van der Waals surface area contributed by atoms with Gasteiger partial charge in [-0.15, -0.1) is 5.10 Å². The normalized spacial score (nSPS) is 10.1. The molecule has 0 aliphatic carbocycles. The van der Waals surface area contributed by atoms with Crippen LogP contribution in [0.1, 0.15) is 27.3 Å². The monoisotopic (exact) mass is 242 g/mol. The molecule has 0 saturated heterocycles. The summed E-state index contributed by atoms with van der Waals surface area (Å²) in [5, 5.41) is 21.0. The maximum atomic E-state index is 11.0. The van der Waals surface area contributed by atoms with E-state index in [1.165, 1.54) is 16.9 Å². The minimum atomic E-state index is -0.635. The molecule has 18 heavy (non-hydrogen) atoms. The lowest BCUT2D eigenvalue weighted by Crippen LogP contribution is -2.13. The van der Waals surface area contributed by atoms with Crippen LogP contribution < -0.4 is 5.73 Å². The standard InChI is InChI=1S/C11H10N6O/c1-6-7(2)14-15-11(8(6)5-12)17-4-3-9(16-17)10(13)18/h3-4H,1-2H3,(H2,13,18). The van der Waals surface area contributed by atoms with Crippen LogP contribution in [0.5, 0.6) is 0 Å². The van der Waals surface area contributed by atoms with Gasteiger partial charge in [0, 0.05) is 6.20 Å². The molecule has 0 atom stereocenters. The Morgan fingerprint density at radius 1 is 1.44 bits per heavy atom. The van der Waals surface area contributed by atoms with E-state index in [-0.39, 0.29) is 11.5 Å². The number of nitrogens with zero attached hydrogens (tertiary/aromatic N) is 5. The third-order valence-electron chi connectivity index (χ3n) is 2.61. The second-order valence-corrected chi connectivity index (χ2v) is 3.73. The molecular formula is C11H10N6O. The van der Waals surface area contributed by atoms with E-state index in [0.717, 1.165) is 5.56 Å². The van der Waals surface area contributed by atoms with E-state index < -0.39 is 5.91 Å². The molecule has 0 unspecified atom stereocenters. The summed E-state index contributed by atoms with van der Waals surface area (Å²) < 4.78 is 1.32. The van der Waals surface area contributed by atoms with Crippen molar-refractivity contribution in [2.75, 3.05) is 0 Å². The molecule has 0 spiro atoms. The fraction of sp³-hybridized carbons (Fsp3) is 0.182. The Balaban J connectivity index is 2.61. The molecule has 0 aromatic carbocycles. The van der Waals surface area contributed by atoms with E-state index in [1.54, 1.807) is 13.8 Å². The fourth-order valence-corrected chi connectivity index (χ4v) is 1.46. The first kappa shape index (κ1) is 11.7. The Kier molecular flexibility index (Phi) is 2.77. The SMILES string of the molecule is Cc1nnc(-n2ccc(C(N)=O)n2)c(C#N)c1C. The van der Waals surface area contributed by atoms with Gasteiger partial charge in [-0.2, -0.15) is 15.5 Å². The van der Waals surface area contributed by atoms with Crippen LogP contribution in [0, 0.1) is 25.2 Å². The van der Waals surface area contributed by atoms with Crippen LogP contribution in [0.15, 0.2) is 12.3 Å². The van der Waals surface area contributed by atoms with Crippen molar-refractivity contribution in [2.24, 2.45) is 5.73 Å². The molecule has 2 aromatic rings. The van der Waals surface area contributed by atoms with Crippen molar-refractivity contribution in [3.8, 4) is 11.9 Å². The lowest BCUT2D eigenvalue weighted by Gasteiger charge is -2.06. The molecule has 0 aliphatic rings. The van der Waals surface area contributed by atoms with Crippen molar-refractivity contribution in [2.45, 2.75) is 13.8 Å². The van der Waals surface area contributed by atoms with Gasteiger partial charge in [-0.05, 0) is 25.5 Å². The van der Waals surface area contributed by atoms with Crippen molar-refractivity contribution in [3.63, 3.8) is 0 Å². The molecule has 90 valence electrons. The molecule has 0 radical (unpaired) electrons. The van der Waals surface area contributed by atoms with Gasteiger partial charge in [0.15, 0.2) is 5.82 Å². The highest BCUT2D eigenvalue weighted by molar-refractivity contribution is 5.90. The highest BCUT2D eigenvalue weighted by Gasteiger charge is 2.14. The first-order chi connectivity index (χ1) is 8.54. The van der Waals surface area contributed by atoms with Crippen molar-refractivity contribution in [1.29, 1.82) is 5.26 Å². The number of aryl methyl sites for hydroxylation is 1. The molecule has 2 N–H and O–H groups in total. The first-order valence-electron chi connectivity index (χ1n) is 5.14. The summed E-state index contributed by atoms with van der Waals surface area (Å²) in [5.74, 6) is -0.350. The second-order valence-electron chi connectivity index (χ2n) is 3.73. The predicted octanol–water partition coefficient (Wildman–Crippen LogP) is 0.250. The van der Waals surface area contributed by atoms with E-state index in [0.29, 0.717) is 11.3 Å². The molecule has 0 fully saturated rings. The zero-order valence-corrected chi connectivity index (χ0v) is 9.88. The summed E-state index contributed by atoms with van der Waals surface area (Å²) >= 11 is 0. The van der Waals surface area contributed by atoms with Crippen molar-refractivity contribution < 1.29 is 4.79 Å². The topological polar surface area (TPSA) is 110 Å². The van der Waals surface area contributed by atoms with Gasteiger partial charge in [-0.1, -0.05) is 0 Å². The summed E-state index contributed by atoms with van der Waals surface area (Å²) in [6.07, 6.45) is 1.51. The molecule has 7 nitrogen and oxygen atoms in total. The molecule has 0 bridgehead atoms. The first-order valence-corrected chi connectivity index (χ1v) is 5.14. The minimum Gasteiger partial charge on any atom is -0.364 e. The molecule has 1 amide bonds. The van der Waals surface area contributed by atoms with E-state index >= 15 is 0 Å². The molecule has 2 rings (SSSR count). The van der Waals surface area contributed by atoms with Crippen LogP contribution in [-0.2, 0) is 0 Å². The van der Waals surface area contributed by atoms with Crippen molar-refractivity contribution >= 4 is 5.91 Å². The number of hydrogen-bond donors (Lipinski definition) is 1. The summed E-state index contributed by atoms with van der Waals surface area (Å²) in [5.41, 5.74) is 7.01. The van der Waals surface area contributed by atoms with Crippen LogP contribution in [0.2, 0.25) is 0 Å². The number of aromatic nitrogens is 4. The molecule has 2 heterocycles. The van der Waals surface area contributed by atoms with Gasteiger partial charge in [0.1, 0.15) is 17.3 Å². The maximum absolute atomic E-state index is 11.0. The van der Waals surface area contributed by atoms with Crippen molar-refractivity contribution in [1.82, 2.24) is 20.0 Å². The highest BCUT2D eigenvalue weighted by Crippen LogP contribution is 2.16. The van der Waals surface area contributed by atoms with E-state index in [9.17, 15) is 4.79 Å². The van der Waals surface area contributed by atoms with Crippen LogP contribution in [-0.4, -0.2) is 25.9 Å². The number of amides is 1. The quantitative estimate of drug-likeness (QED) is 0.811. The Morgan fingerprint density at radius 3 is 2.72 bits per heavy atom. The van der Waals surface area contributed by atoms with Gasteiger partial charge < -0.3 is 5.73 Å². The highest BCUT2D eigenvalue weighted by atomic mass is 16.1. The number of nitrogens with two attached hydrogens (primary N) is 1. The van der Waals surface area contributed by atoms with Crippen molar-refractivity contribution in [3.05, 3.63) is 34.8 Å². The van der Waals surface area contributed by atoms with E-state index in [2.05, 4.69) is 21.4 Å². The fourth-order valence-electron chi connectivity index (χ4n) is 1.46. The zero-order valence-electron chi connectivity index (χ0n) is 9.88. The largest absolute Gasteiger partial charge is 0.364 e. The molecular weight excluding hydrogens is 232 g/mol. The van der Waals surface area contributed by atoms with Crippen LogP contribution in [0.4, 0.5) is 0 Å². The lowest BCUT2D eigenvalue weighted by atomic mass is 10.1. The van der Waals surface area contributed by atoms with Gasteiger partial charge in [0.25, 0.3) is 5.91 Å². The van der Waals surface area contributed by atoms with Crippen LogP contribution >= 0.6 is 0 Å². The Labute approximate surface area is 103 Å².